The van der Waals surface area contributed by atoms with E-state index in [4.69, 9.17) is 14.0 Å². The molecule has 0 aliphatic carbocycles. The Bertz CT molecular complexity index is 533. The third-order valence-corrected chi connectivity index (χ3v) is 4.06. The van der Waals surface area contributed by atoms with Crippen LogP contribution in [-0.4, -0.2) is 25.4 Å². The molecule has 2 rings (SSSR count). The van der Waals surface area contributed by atoms with Gasteiger partial charge in [-0.15, -0.1) is 0 Å². The van der Waals surface area contributed by atoms with E-state index < -0.39 is 18.3 Å². The monoisotopic (exact) mass is 273 g/mol. The van der Waals surface area contributed by atoms with Crippen LogP contribution in [0, 0.1) is 11.3 Å². The van der Waals surface area contributed by atoms with Crippen molar-refractivity contribution >= 4 is 12.6 Å². The van der Waals surface area contributed by atoms with Gasteiger partial charge in [0.1, 0.15) is 0 Å². The minimum atomic E-state index is -0.508. The van der Waals surface area contributed by atoms with Gasteiger partial charge in [0.05, 0.1) is 29.4 Å². The molecule has 1 heterocycles. The Morgan fingerprint density at radius 3 is 2.30 bits per heavy atom. The topological polar surface area (TPSA) is 51.5 Å². The summed E-state index contributed by atoms with van der Waals surface area (Å²) in [4.78, 5) is 0. The van der Waals surface area contributed by atoms with E-state index in [0.717, 1.165) is 11.0 Å². The first-order chi connectivity index (χ1) is 9.30. The van der Waals surface area contributed by atoms with Crippen molar-refractivity contribution in [1.82, 2.24) is 0 Å². The highest BCUT2D eigenvalue weighted by atomic mass is 16.7. The number of hydrogen-bond donors (Lipinski definition) is 0. The first kappa shape index (κ1) is 15.1. The van der Waals surface area contributed by atoms with Crippen LogP contribution < -0.4 is 5.46 Å². The van der Waals surface area contributed by atoms with Crippen LogP contribution in [0.5, 0.6) is 0 Å². The molecule has 1 fully saturated rings. The molecule has 1 saturated heterocycles. The van der Waals surface area contributed by atoms with Crippen LogP contribution in [0.15, 0.2) is 18.2 Å². The molecule has 0 amide bonds. The summed E-state index contributed by atoms with van der Waals surface area (Å²) >= 11 is 0. The molecule has 0 saturated carbocycles. The molecule has 1 aromatic rings. The van der Waals surface area contributed by atoms with Crippen LogP contribution >= 0.6 is 0 Å². The molecule has 0 radical (unpaired) electrons. The van der Waals surface area contributed by atoms with Crippen LogP contribution in [0.3, 0.4) is 0 Å². The zero-order chi connectivity index (χ0) is 15.0. The molecule has 1 aromatic carbocycles. The third-order valence-electron chi connectivity index (χ3n) is 4.06. The number of ether oxygens (including phenoxy) is 1. The van der Waals surface area contributed by atoms with Gasteiger partial charge in [-0.3, -0.25) is 0 Å². The lowest BCUT2D eigenvalue weighted by Gasteiger charge is -2.32. The smallest absolute Gasteiger partial charge is 0.399 e. The second-order valence-electron chi connectivity index (χ2n) is 6.05. The Morgan fingerprint density at radius 2 is 1.80 bits per heavy atom. The lowest BCUT2D eigenvalue weighted by molar-refractivity contribution is 0.00578. The lowest BCUT2D eigenvalue weighted by atomic mass is 9.75. The van der Waals surface area contributed by atoms with Crippen molar-refractivity contribution in [2.75, 3.05) is 7.11 Å². The van der Waals surface area contributed by atoms with E-state index in [2.05, 4.69) is 6.07 Å². The molecular weight excluding hydrogens is 253 g/mol. The molecule has 4 nitrogen and oxygen atoms in total. The second-order valence-corrected chi connectivity index (χ2v) is 6.05. The quantitative estimate of drug-likeness (QED) is 0.790. The maximum absolute atomic E-state index is 9.33. The Morgan fingerprint density at radius 1 is 1.20 bits per heavy atom. The highest BCUT2D eigenvalue weighted by molar-refractivity contribution is 6.62. The average Bonchev–Trinajstić information content (AvgIpc) is 2.58. The van der Waals surface area contributed by atoms with Crippen molar-refractivity contribution in [2.45, 2.75) is 45.5 Å². The van der Waals surface area contributed by atoms with Crippen molar-refractivity contribution in [1.29, 1.82) is 5.26 Å². The number of nitriles is 1. The van der Waals surface area contributed by atoms with E-state index in [1.54, 1.807) is 7.11 Å². The van der Waals surface area contributed by atoms with Crippen LogP contribution in [0.4, 0.5) is 0 Å². The number of nitrogens with zero attached hydrogens (tertiary/aromatic N) is 1. The van der Waals surface area contributed by atoms with E-state index in [-0.39, 0.29) is 0 Å². The second kappa shape index (κ2) is 5.21. The molecule has 0 unspecified atom stereocenters. The third kappa shape index (κ3) is 2.60. The maximum atomic E-state index is 9.33. The fraction of sp³-hybridized carbons (Fsp3) is 0.533. The highest BCUT2D eigenvalue weighted by Gasteiger charge is 2.52. The highest BCUT2D eigenvalue weighted by Crippen LogP contribution is 2.36. The molecule has 20 heavy (non-hydrogen) atoms. The maximum Gasteiger partial charge on any atom is 0.496 e. The van der Waals surface area contributed by atoms with Gasteiger partial charge >= 0.3 is 7.12 Å². The standard InChI is InChI=1S/C15H20BNO3/c1-14(2)15(3,4)20-16(19-14)13-7-6-11(10-18-5)8-12(13)9-17/h6-8H,10H2,1-5H3. The molecule has 0 bridgehead atoms. The van der Waals surface area contributed by atoms with Crippen molar-refractivity contribution in [3.05, 3.63) is 29.3 Å². The normalized spacial score (nSPS) is 19.9. The Balaban J connectivity index is 2.33. The van der Waals surface area contributed by atoms with Gasteiger partial charge in [0, 0.05) is 12.6 Å². The fourth-order valence-electron chi connectivity index (χ4n) is 2.13. The summed E-state index contributed by atoms with van der Waals surface area (Å²) in [6.07, 6.45) is 0. The number of rotatable bonds is 3. The van der Waals surface area contributed by atoms with Gasteiger partial charge in [-0.1, -0.05) is 12.1 Å². The molecule has 5 heteroatoms. The van der Waals surface area contributed by atoms with E-state index >= 15 is 0 Å². The van der Waals surface area contributed by atoms with E-state index in [0.29, 0.717) is 12.2 Å². The Hall–Kier alpha value is -1.35. The zero-order valence-electron chi connectivity index (χ0n) is 12.7. The van der Waals surface area contributed by atoms with Gasteiger partial charge in [0.2, 0.25) is 0 Å². The predicted molar refractivity (Wildman–Crippen MR) is 77.6 cm³/mol. The number of hydrogen-bond acceptors (Lipinski definition) is 4. The first-order valence-electron chi connectivity index (χ1n) is 6.68. The van der Waals surface area contributed by atoms with Gasteiger partial charge in [0.25, 0.3) is 0 Å². The van der Waals surface area contributed by atoms with E-state index in [1.807, 2.05) is 45.9 Å². The Labute approximate surface area is 120 Å². The molecule has 106 valence electrons. The number of methoxy groups -OCH3 is 1. The Kier molecular flexibility index (Phi) is 3.92. The molecular formula is C15H20BNO3. The lowest BCUT2D eigenvalue weighted by Crippen LogP contribution is -2.41. The average molecular weight is 273 g/mol. The zero-order valence-corrected chi connectivity index (χ0v) is 12.7. The first-order valence-corrected chi connectivity index (χ1v) is 6.68. The van der Waals surface area contributed by atoms with Crippen molar-refractivity contribution in [3.63, 3.8) is 0 Å². The SMILES string of the molecule is COCc1ccc(B2OC(C)(C)C(C)(C)O2)c(C#N)c1. The number of benzene rings is 1. The fourth-order valence-corrected chi connectivity index (χ4v) is 2.13. The predicted octanol–water partition coefficient (Wildman–Crippen LogP) is 2.00. The van der Waals surface area contributed by atoms with Crippen LogP contribution in [0.1, 0.15) is 38.8 Å². The van der Waals surface area contributed by atoms with Gasteiger partial charge in [0.15, 0.2) is 0 Å². The van der Waals surface area contributed by atoms with Gasteiger partial charge < -0.3 is 14.0 Å². The van der Waals surface area contributed by atoms with Gasteiger partial charge in [-0.2, -0.15) is 5.26 Å². The summed E-state index contributed by atoms with van der Waals surface area (Å²) in [7, 11) is 1.13. The minimum Gasteiger partial charge on any atom is -0.399 e. The molecule has 0 aromatic heterocycles. The molecule has 1 aliphatic heterocycles. The van der Waals surface area contributed by atoms with Gasteiger partial charge in [-0.25, -0.2) is 0 Å². The molecule has 1 aliphatic rings. The van der Waals surface area contributed by atoms with Gasteiger partial charge in [-0.05, 0) is 39.3 Å². The molecule has 0 N–H and O–H groups in total. The van der Waals surface area contributed by atoms with Crippen LogP contribution in [0.2, 0.25) is 0 Å². The summed E-state index contributed by atoms with van der Waals surface area (Å²) in [6.45, 7) is 8.48. The van der Waals surface area contributed by atoms with E-state index in [1.165, 1.54) is 0 Å². The van der Waals surface area contributed by atoms with E-state index in [9.17, 15) is 5.26 Å². The largest absolute Gasteiger partial charge is 0.496 e. The van der Waals surface area contributed by atoms with Crippen LogP contribution in [0.25, 0.3) is 0 Å². The van der Waals surface area contributed by atoms with Crippen molar-refractivity contribution in [2.24, 2.45) is 0 Å². The van der Waals surface area contributed by atoms with Crippen LogP contribution in [-0.2, 0) is 20.7 Å². The van der Waals surface area contributed by atoms with Crippen molar-refractivity contribution < 1.29 is 14.0 Å². The summed E-state index contributed by atoms with van der Waals surface area (Å²) in [5.41, 5.74) is 1.49. The molecule has 0 atom stereocenters. The summed E-state index contributed by atoms with van der Waals surface area (Å²) in [5.74, 6) is 0. The minimum absolute atomic E-state index is 0.407. The summed E-state index contributed by atoms with van der Waals surface area (Å²) < 4.78 is 17.1. The summed E-state index contributed by atoms with van der Waals surface area (Å²) in [5, 5.41) is 9.33. The summed E-state index contributed by atoms with van der Waals surface area (Å²) in [6, 6.07) is 7.85. The van der Waals surface area contributed by atoms with Crippen molar-refractivity contribution in [3.8, 4) is 6.07 Å². The molecule has 0 spiro atoms.